The second-order valence-corrected chi connectivity index (χ2v) is 6.72. The van der Waals surface area contributed by atoms with Crippen LogP contribution in [0.15, 0.2) is 52.2 Å². The quantitative estimate of drug-likeness (QED) is 0.475. The number of hydrogen-bond acceptors (Lipinski definition) is 2. The molecule has 0 aromatic heterocycles. The van der Waals surface area contributed by atoms with Gasteiger partial charge in [-0.3, -0.25) is 0 Å². The van der Waals surface area contributed by atoms with Gasteiger partial charge >= 0.3 is 105 Å². The maximum absolute atomic E-state index is 11.5. The van der Waals surface area contributed by atoms with E-state index in [4.69, 9.17) is 4.74 Å². The van der Waals surface area contributed by atoms with E-state index >= 15 is 0 Å². The number of ether oxygens (including phenoxy) is 1. The van der Waals surface area contributed by atoms with Gasteiger partial charge in [0.15, 0.2) is 0 Å². The van der Waals surface area contributed by atoms with E-state index in [0.717, 1.165) is 5.57 Å². The summed E-state index contributed by atoms with van der Waals surface area (Å²) >= 11 is -0.463. The Kier molecular flexibility index (Phi) is 3.82. The van der Waals surface area contributed by atoms with E-state index in [0.29, 0.717) is 13.0 Å². The molecule has 0 atom stereocenters. The molecule has 0 unspecified atom stereocenters. The molecular formula is C13H12O2Te. The second-order valence-electron chi connectivity index (χ2n) is 3.39. The predicted octanol–water partition coefficient (Wildman–Crippen LogP) is 1.40. The monoisotopic (exact) mass is 330 g/mol. The summed E-state index contributed by atoms with van der Waals surface area (Å²) in [5.41, 5.74) is 0.834. The zero-order chi connectivity index (χ0) is 11.4. The van der Waals surface area contributed by atoms with Gasteiger partial charge in [0.2, 0.25) is 0 Å². The minimum absolute atomic E-state index is 0.157. The number of carbonyl (C=O) groups is 1. The standard InChI is InChI=1S/C13H12O2Te/c1-2-6-11-12(9-15-13(11)14)16-10-7-4-3-5-8-10/h2-5,7-8H,1,6,9H2. The van der Waals surface area contributed by atoms with Gasteiger partial charge in [-0.2, -0.15) is 0 Å². The third kappa shape index (κ3) is 2.55. The van der Waals surface area contributed by atoms with Gasteiger partial charge in [-0.15, -0.1) is 0 Å². The van der Waals surface area contributed by atoms with Crippen LogP contribution in [-0.4, -0.2) is 33.5 Å². The van der Waals surface area contributed by atoms with Gasteiger partial charge in [0.25, 0.3) is 0 Å². The Morgan fingerprint density at radius 2 is 2.12 bits per heavy atom. The molecule has 0 fully saturated rings. The van der Waals surface area contributed by atoms with E-state index in [1.54, 1.807) is 6.08 Å². The Bertz CT molecular complexity index is 435. The Morgan fingerprint density at radius 1 is 1.38 bits per heavy atom. The van der Waals surface area contributed by atoms with Crippen molar-refractivity contribution in [3.63, 3.8) is 0 Å². The first kappa shape index (κ1) is 11.4. The van der Waals surface area contributed by atoms with Crippen LogP contribution in [0.25, 0.3) is 0 Å². The van der Waals surface area contributed by atoms with Crippen molar-refractivity contribution in [1.82, 2.24) is 0 Å². The topological polar surface area (TPSA) is 26.3 Å². The molecule has 2 rings (SSSR count). The average molecular weight is 328 g/mol. The summed E-state index contributed by atoms with van der Waals surface area (Å²) in [7, 11) is 0. The Labute approximate surface area is 105 Å². The van der Waals surface area contributed by atoms with Gasteiger partial charge < -0.3 is 0 Å². The summed E-state index contributed by atoms with van der Waals surface area (Å²) < 4.78 is 7.62. The molecule has 0 aliphatic carbocycles. The average Bonchev–Trinajstić information content (AvgIpc) is 2.64. The molecule has 16 heavy (non-hydrogen) atoms. The van der Waals surface area contributed by atoms with Gasteiger partial charge in [0.1, 0.15) is 0 Å². The van der Waals surface area contributed by atoms with Crippen molar-refractivity contribution >= 4 is 30.5 Å². The van der Waals surface area contributed by atoms with Gasteiger partial charge in [-0.25, -0.2) is 0 Å². The molecule has 1 aliphatic rings. The molecule has 0 N–H and O–H groups in total. The van der Waals surface area contributed by atoms with Crippen molar-refractivity contribution in [2.75, 3.05) is 6.61 Å². The molecule has 1 heterocycles. The second kappa shape index (κ2) is 5.34. The van der Waals surface area contributed by atoms with Gasteiger partial charge in [0, 0.05) is 0 Å². The molecule has 82 valence electrons. The van der Waals surface area contributed by atoms with Gasteiger partial charge in [0.05, 0.1) is 0 Å². The summed E-state index contributed by atoms with van der Waals surface area (Å²) in [6.07, 6.45) is 2.39. The van der Waals surface area contributed by atoms with Crippen LogP contribution in [0.4, 0.5) is 0 Å². The van der Waals surface area contributed by atoms with E-state index in [-0.39, 0.29) is 5.97 Å². The number of carbonyl (C=O) groups excluding carboxylic acids is 1. The van der Waals surface area contributed by atoms with Crippen LogP contribution in [-0.2, 0) is 9.53 Å². The van der Waals surface area contributed by atoms with Crippen LogP contribution >= 0.6 is 0 Å². The van der Waals surface area contributed by atoms with Crippen molar-refractivity contribution < 1.29 is 9.53 Å². The van der Waals surface area contributed by atoms with Crippen molar-refractivity contribution in [1.29, 1.82) is 0 Å². The van der Waals surface area contributed by atoms with E-state index in [1.807, 2.05) is 18.2 Å². The van der Waals surface area contributed by atoms with Crippen LogP contribution in [0.1, 0.15) is 6.42 Å². The van der Waals surface area contributed by atoms with Crippen molar-refractivity contribution in [2.45, 2.75) is 6.42 Å². The SMILES string of the molecule is C=CCC1=C([Te]c2ccccc2)COC1=O. The number of allylic oxidation sites excluding steroid dienone is 1. The van der Waals surface area contributed by atoms with Crippen LogP contribution in [0.3, 0.4) is 0 Å². The maximum atomic E-state index is 11.5. The molecule has 0 radical (unpaired) electrons. The van der Waals surface area contributed by atoms with Gasteiger partial charge in [-0.1, -0.05) is 0 Å². The number of hydrogen-bond donors (Lipinski definition) is 0. The molecular weight excluding hydrogens is 316 g/mol. The van der Waals surface area contributed by atoms with Crippen LogP contribution in [0, 0.1) is 0 Å². The molecule has 1 aromatic carbocycles. The molecule has 0 spiro atoms. The van der Waals surface area contributed by atoms with E-state index in [1.165, 1.54) is 7.23 Å². The molecule has 2 nitrogen and oxygen atoms in total. The summed E-state index contributed by atoms with van der Waals surface area (Å²) in [5.74, 6) is -0.157. The van der Waals surface area contributed by atoms with Crippen LogP contribution in [0.2, 0.25) is 0 Å². The van der Waals surface area contributed by atoms with Crippen molar-refractivity contribution in [3.8, 4) is 0 Å². The molecule has 0 saturated heterocycles. The normalized spacial score (nSPS) is 15.1. The summed E-state index contributed by atoms with van der Waals surface area (Å²) in [6, 6.07) is 10.3. The zero-order valence-corrected chi connectivity index (χ0v) is 11.1. The van der Waals surface area contributed by atoms with E-state index in [9.17, 15) is 4.79 Å². The number of benzene rings is 1. The Morgan fingerprint density at radius 3 is 2.81 bits per heavy atom. The Hall–Kier alpha value is -1.04. The molecule has 1 aliphatic heterocycles. The first-order chi connectivity index (χ1) is 7.81. The zero-order valence-electron chi connectivity index (χ0n) is 8.81. The van der Waals surface area contributed by atoms with Crippen molar-refractivity contribution in [2.24, 2.45) is 0 Å². The third-order valence-corrected chi connectivity index (χ3v) is 5.44. The van der Waals surface area contributed by atoms with E-state index in [2.05, 4.69) is 18.7 Å². The summed E-state index contributed by atoms with van der Waals surface area (Å²) in [4.78, 5) is 11.5. The van der Waals surface area contributed by atoms with Crippen LogP contribution < -0.4 is 3.61 Å². The first-order valence-corrected chi connectivity index (χ1v) is 7.37. The number of rotatable bonds is 4. The van der Waals surface area contributed by atoms with E-state index < -0.39 is 20.9 Å². The van der Waals surface area contributed by atoms with Gasteiger partial charge in [-0.05, 0) is 0 Å². The summed E-state index contributed by atoms with van der Waals surface area (Å²) in [6.45, 7) is 4.16. The fourth-order valence-corrected chi connectivity index (χ4v) is 4.30. The third-order valence-electron chi connectivity index (χ3n) is 2.25. The molecule has 0 saturated carbocycles. The predicted molar refractivity (Wildman–Crippen MR) is 64.6 cm³/mol. The fourth-order valence-electron chi connectivity index (χ4n) is 1.48. The number of cyclic esters (lactones) is 1. The fraction of sp³-hybridized carbons (Fsp3) is 0.154. The Balaban J connectivity index is 2.20. The first-order valence-electron chi connectivity index (χ1n) is 5.04. The molecule has 0 amide bonds. The molecule has 1 aromatic rings. The molecule has 3 heteroatoms. The van der Waals surface area contributed by atoms with Crippen LogP contribution in [0.5, 0.6) is 0 Å². The number of esters is 1. The minimum atomic E-state index is -0.463. The summed E-state index contributed by atoms with van der Waals surface area (Å²) in [5, 5.41) is 0. The van der Waals surface area contributed by atoms with Crippen molar-refractivity contribution in [3.05, 3.63) is 52.2 Å². The molecule has 0 bridgehead atoms.